The van der Waals surface area contributed by atoms with Gasteiger partial charge in [0.15, 0.2) is 0 Å². The second-order valence-corrected chi connectivity index (χ2v) is 15.1. The van der Waals surface area contributed by atoms with E-state index in [1.54, 1.807) is 13.0 Å². The van der Waals surface area contributed by atoms with Gasteiger partial charge in [0.25, 0.3) is 0 Å². The van der Waals surface area contributed by atoms with Crippen LogP contribution in [0.15, 0.2) is 11.6 Å². The topological polar surface area (TPSA) is 193 Å². The summed E-state index contributed by atoms with van der Waals surface area (Å²) in [7, 11) is 1.82. The molecule has 268 valence electrons. The van der Waals surface area contributed by atoms with Gasteiger partial charge in [0, 0.05) is 36.4 Å². The molecule has 2 saturated carbocycles. The first-order valence-electron chi connectivity index (χ1n) is 18.0. The molecule has 5 rings (SSSR count). The normalized spacial score (nSPS) is 43.5. The molecule has 47 heavy (non-hydrogen) atoms. The lowest BCUT2D eigenvalue weighted by atomic mass is 9.57. The number of rotatable bonds is 11. The van der Waals surface area contributed by atoms with Gasteiger partial charge in [0.1, 0.15) is 17.5 Å². The minimum atomic E-state index is -1.12. The first kappa shape index (κ1) is 36.8. The number of nitrogens with two attached hydrogens (primary N) is 1. The number of fused-ring (bicyclic) bond motifs is 2. The number of hydrogen-bond donors (Lipinski definition) is 7. The molecule has 3 aliphatic heterocycles. The van der Waals surface area contributed by atoms with Gasteiger partial charge < -0.3 is 51.0 Å². The van der Waals surface area contributed by atoms with Gasteiger partial charge in [-0.15, -0.1) is 0 Å². The molecular formula is C35H59N3O9. The molecule has 0 radical (unpaired) electrons. The van der Waals surface area contributed by atoms with Gasteiger partial charge in [-0.2, -0.15) is 0 Å². The van der Waals surface area contributed by atoms with E-state index in [1.165, 1.54) is 0 Å². The first-order valence-corrected chi connectivity index (χ1v) is 18.0. The van der Waals surface area contributed by atoms with E-state index in [4.69, 9.17) is 19.9 Å². The van der Waals surface area contributed by atoms with E-state index in [1.807, 2.05) is 14.0 Å². The van der Waals surface area contributed by atoms with Crippen molar-refractivity contribution >= 4 is 11.8 Å². The van der Waals surface area contributed by atoms with Crippen LogP contribution in [0.25, 0.3) is 0 Å². The van der Waals surface area contributed by atoms with Crippen molar-refractivity contribution < 1.29 is 44.2 Å². The van der Waals surface area contributed by atoms with Crippen LogP contribution in [0.2, 0.25) is 0 Å². The second-order valence-electron chi connectivity index (χ2n) is 15.1. The van der Waals surface area contributed by atoms with E-state index in [9.17, 15) is 30.0 Å². The minimum Gasteiger partial charge on any atom is -0.456 e. The van der Waals surface area contributed by atoms with Crippen LogP contribution < -0.4 is 16.4 Å². The van der Waals surface area contributed by atoms with Gasteiger partial charge in [-0.05, 0) is 97.2 Å². The molecule has 0 bridgehead atoms. The minimum absolute atomic E-state index is 0.0187. The van der Waals surface area contributed by atoms with E-state index in [0.29, 0.717) is 44.3 Å². The molecule has 3 saturated heterocycles. The third kappa shape index (κ3) is 7.81. The van der Waals surface area contributed by atoms with Crippen LogP contribution in [0, 0.1) is 35.5 Å². The number of allylic oxidation sites excluding steroid dienone is 1. The van der Waals surface area contributed by atoms with E-state index < -0.39 is 65.9 Å². The number of esters is 1. The molecule has 5 fully saturated rings. The average molecular weight is 666 g/mol. The molecule has 5 aliphatic rings. The summed E-state index contributed by atoms with van der Waals surface area (Å²) in [4.78, 5) is 27.3. The molecule has 0 aromatic carbocycles. The number of aliphatic hydroxyl groups is 4. The van der Waals surface area contributed by atoms with Crippen LogP contribution in [-0.4, -0.2) is 114 Å². The zero-order valence-electron chi connectivity index (χ0n) is 28.4. The summed E-state index contributed by atoms with van der Waals surface area (Å²) in [5.74, 6) is -2.49. The Morgan fingerprint density at radius 3 is 2.62 bits per heavy atom. The zero-order chi connectivity index (χ0) is 33.9. The van der Waals surface area contributed by atoms with Gasteiger partial charge >= 0.3 is 5.97 Å². The van der Waals surface area contributed by atoms with Crippen molar-refractivity contribution in [1.82, 2.24) is 10.6 Å². The standard InChI is InChI=1S/C35H59N3O9/c1-4-20(10-11-37-3)34(44)46-27-15-25-31(43)30-26(42)14-24(18-40)45-33(30)29(21-6-5-7-23(41)13-21)32(25)47-35(27,2)22(17-39)12-19-8-9-28(36)38-16-19/h4,19,21-25,27-33,37-41,43H,5-18,36H2,1-3H3. The Hall–Kier alpha value is -1.48. The van der Waals surface area contributed by atoms with Gasteiger partial charge in [0.2, 0.25) is 0 Å². The van der Waals surface area contributed by atoms with Gasteiger partial charge in [-0.25, -0.2) is 4.79 Å². The fourth-order valence-corrected chi connectivity index (χ4v) is 9.41. The Balaban J connectivity index is 1.52. The lowest BCUT2D eigenvalue weighted by Crippen LogP contribution is -2.70. The van der Waals surface area contributed by atoms with Crippen molar-refractivity contribution in [2.75, 3.05) is 33.4 Å². The summed E-state index contributed by atoms with van der Waals surface area (Å²) in [6.07, 6.45) is 3.34. The number of aliphatic hydroxyl groups excluding tert-OH is 4. The highest BCUT2D eigenvalue weighted by molar-refractivity contribution is 5.88. The van der Waals surface area contributed by atoms with E-state index >= 15 is 0 Å². The quantitative estimate of drug-likeness (QED) is 0.121. The third-order valence-electron chi connectivity index (χ3n) is 12.1. The monoisotopic (exact) mass is 665 g/mol. The fourth-order valence-electron chi connectivity index (χ4n) is 9.41. The molecule has 14 unspecified atom stereocenters. The Morgan fingerprint density at radius 2 is 1.98 bits per heavy atom. The first-order chi connectivity index (χ1) is 22.5. The lowest BCUT2D eigenvalue weighted by Gasteiger charge is -2.60. The summed E-state index contributed by atoms with van der Waals surface area (Å²) in [6, 6.07) is 0. The van der Waals surface area contributed by atoms with Crippen molar-refractivity contribution in [3.05, 3.63) is 11.6 Å². The number of ether oxygens (including phenoxy) is 3. The molecule has 3 heterocycles. The second kappa shape index (κ2) is 16.0. The van der Waals surface area contributed by atoms with E-state index in [-0.39, 0.29) is 55.8 Å². The van der Waals surface area contributed by atoms with Gasteiger partial charge in [-0.3, -0.25) is 4.79 Å². The molecule has 14 atom stereocenters. The van der Waals surface area contributed by atoms with Gasteiger partial charge in [0.05, 0.1) is 49.2 Å². The largest absolute Gasteiger partial charge is 0.456 e. The molecule has 2 aliphatic carbocycles. The molecule has 8 N–H and O–H groups in total. The summed E-state index contributed by atoms with van der Waals surface area (Å²) in [5.41, 5.74) is 5.50. The SMILES string of the molecule is CC=C(CCNC)C(=O)OC1CC2C(O)C3C(=O)CC(CO)OC3C(C3CCCC(O)C3)C2OC1(C)C(CO)CC1CCC(N)NC1. The van der Waals surface area contributed by atoms with Crippen LogP contribution in [0.5, 0.6) is 0 Å². The molecule has 0 aromatic heterocycles. The van der Waals surface area contributed by atoms with Crippen molar-refractivity contribution in [3.8, 4) is 0 Å². The maximum absolute atomic E-state index is 13.7. The van der Waals surface area contributed by atoms with E-state index in [2.05, 4.69) is 10.6 Å². The number of nitrogens with one attached hydrogen (secondary N) is 2. The molecule has 0 spiro atoms. The Kier molecular flexibility index (Phi) is 12.6. The summed E-state index contributed by atoms with van der Waals surface area (Å²) in [5, 5.41) is 50.1. The molecular weight excluding hydrogens is 606 g/mol. The van der Waals surface area contributed by atoms with Crippen molar-refractivity contribution in [1.29, 1.82) is 0 Å². The van der Waals surface area contributed by atoms with E-state index in [0.717, 1.165) is 25.7 Å². The highest BCUT2D eigenvalue weighted by atomic mass is 16.6. The molecule has 0 amide bonds. The van der Waals surface area contributed by atoms with Crippen molar-refractivity contribution in [2.24, 2.45) is 41.2 Å². The van der Waals surface area contributed by atoms with Crippen LogP contribution >= 0.6 is 0 Å². The maximum atomic E-state index is 13.7. The average Bonchev–Trinajstić information content (AvgIpc) is 3.05. The molecule has 12 nitrogen and oxygen atoms in total. The number of hydrogen-bond acceptors (Lipinski definition) is 12. The Morgan fingerprint density at radius 1 is 1.19 bits per heavy atom. The van der Waals surface area contributed by atoms with Gasteiger partial charge in [-0.1, -0.05) is 12.5 Å². The molecule has 0 aromatic rings. The maximum Gasteiger partial charge on any atom is 0.334 e. The smallest absolute Gasteiger partial charge is 0.334 e. The highest BCUT2D eigenvalue weighted by Crippen LogP contribution is 2.54. The molecule has 12 heteroatoms. The van der Waals surface area contributed by atoms with Crippen LogP contribution in [0.3, 0.4) is 0 Å². The fraction of sp³-hybridized carbons (Fsp3) is 0.886. The summed E-state index contributed by atoms with van der Waals surface area (Å²) >= 11 is 0. The van der Waals surface area contributed by atoms with Crippen LogP contribution in [-0.2, 0) is 23.8 Å². The predicted octanol–water partition coefficient (Wildman–Crippen LogP) is 0.778. The lowest BCUT2D eigenvalue weighted by molar-refractivity contribution is -0.303. The Bertz CT molecular complexity index is 1100. The summed E-state index contributed by atoms with van der Waals surface area (Å²) < 4.78 is 20.0. The van der Waals surface area contributed by atoms with Crippen LogP contribution in [0.4, 0.5) is 0 Å². The highest BCUT2D eigenvalue weighted by Gasteiger charge is 2.64. The van der Waals surface area contributed by atoms with Crippen LogP contribution in [0.1, 0.15) is 78.1 Å². The summed E-state index contributed by atoms with van der Waals surface area (Å²) in [6.45, 7) is 4.54. The number of Topliss-reactive ketones (excluding diaryl/α,β-unsaturated/α-hetero) is 1. The number of ketones is 1. The number of carbonyl (C=O) groups is 2. The number of carbonyl (C=O) groups excluding carboxylic acids is 2. The predicted molar refractivity (Wildman–Crippen MR) is 174 cm³/mol. The third-order valence-corrected chi connectivity index (χ3v) is 12.1. The van der Waals surface area contributed by atoms with Crippen molar-refractivity contribution in [2.45, 2.75) is 126 Å². The zero-order valence-corrected chi connectivity index (χ0v) is 28.4. The van der Waals surface area contributed by atoms with Crippen molar-refractivity contribution in [3.63, 3.8) is 0 Å². The number of piperidine rings is 1. The Labute approximate surface area is 279 Å².